The number of rotatable bonds is 8. The van der Waals surface area contributed by atoms with Gasteiger partial charge in [0.15, 0.2) is 5.69 Å². The summed E-state index contributed by atoms with van der Waals surface area (Å²) in [7, 11) is 1.34. The van der Waals surface area contributed by atoms with Gasteiger partial charge in [-0.25, -0.2) is 9.78 Å². The Bertz CT molecular complexity index is 1500. The van der Waals surface area contributed by atoms with Crippen molar-refractivity contribution < 1.29 is 14.3 Å². The average molecular weight is 611 g/mol. The third-order valence-corrected chi connectivity index (χ3v) is 8.47. The van der Waals surface area contributed by atoms with Gasteiger partial charge >= 0.3 is 5.97 Å². The number of methoxy groups -OCH3 is 1. The van der Waals surface area contributed by atoms with Gasteiger partial charge in [-0.2, -0.15) is 9.78 Å². The lowest BCUT2D eigenvalue weighted by Crippen LogP contribution is -2.11. The van der Waals surface area contributed by atoms with E-state index in [4.69, 9.17) is 54.4 Å². The predicted molar refractivity (Wildman–Crippen MR) is 158 cm³/mol. The molecule has 0 aliphatic rings. The monoisotopic (exact) mass is 609 g/mol. The summed E-state index contributed by atoms with van der Waals surface area (Å²) in [5.74, 6) is 0.0495. The minimum atomic E-state index is -0.545. The van der Waals surface area contributed by atoms with E-state index in [1.165, 1.54) is 23.1 Å². The van der Waals surface area contributed by atoms with E-state index in [1.807, 2.05) is 32.9 Å². The molecule has 0 aliphatic carbocycles. The van der Waals surface area contributed by atoms with Crippen molar-refractivity contribution in [1.82, 2.24) is 14.8 Å². The minimum Gasteiger partial charge on any atom is -0.491 e. The summed E-state index contributed by atoms with van der Waals surface area (Å²) < 4.78 is 13.6. The molecular weight excluding hydrogens is 585 g/mol. The number of nitrogens with zero attached hydrogens (tertiary/aromatic N) is 3. The second-order valence-electron chi connectivity index (χ2n) is 8.98. The molecule has 2 aromatic carbocycles. The zero-order chi connectivity index (χ0) is 27.7. The second kappa shape index (κ2) is 11.9. The number of hydrogen-bond acceptors (Lipinski definition) is 7. The van der Waals surface area contributed by atoms with Crippen molar-refractivity contribution in [1.29, 1.82) is 0 Å². The number of carbonyl (C=O) groups is 1. The van der Waals surface area contributed by atoms with Gasteiger partial charge in [0, 0.05) is 21.4 Å². The van der Waals surface area contributed by atoms with E-state index in [-0.39, 0.29) is 11.8 Å². The topological polar surface area (TPSA) is 66.2 Å². The highest BCUT2D eigenvalue weighted by Gasteiger charge is 2.28. The van der Waals surface area contributed by atoms with Gasteiger partial charge < -0.3 is 9.47 Å². The van der Waals surface area contributed by atoms with Gasteiger partial charge in [0.25, 0.3) is 0 Å². The Kier molecular flexibility index (Phi) is 9.00. The molecule has 38 heavy (non-hydrogen) atoms. The van der Waals surface area contributed by atoms with Crippen molar-refractivity contribution >= 4 is 63.9 Å². The van der Waals surface area contributed by atoms with Crippen LogP contribution in [0, 0.1) is 6.92 Å². The number of carbonyl (C=O) groups excluding carboxylic acids is 1. The summed E-state index contributed by atoms with van der Waals surface area (Å²) in [6.45, 7) is 9.91. The highest BCUT2D eigenvalue weighted by atomic mass is 35.5. The van der Waals surface area contributed by atoms with E-state index in [9.17, 15) is 4.79 Å². The Labute approximate surface area is 245 Å². The van der Waals surface area contributed by atoms with Crippen LogP contribution in [0.3, 0.4) is 0 Å². The lowest BCUT2D eigenvalue weighted by molar-refractivity contribution is 0.0591. The van der Waals surface area contributed by atoms with Crippen LogP contribution < -0.4 is 4.74 Å². The Morgan fingerprint density at radius 3 is 2.39 bits per heavy atom. The Morgan fingerprint density at radius 1 is 1.03 bits per heavy atom. The van der Waals surface area contributed by atoms with E-state index >= 15 is 0 Å². The van der Waals surface area contributed by atoms with Crippen molar-refractivity contribution in [3.8, 4) is 33.3 Å². The number of aryl methyl sites for hydroxylation is 1. The first-order valence-corrected chi connectivity index (χ1v) is 14.6. The molecule has 0 spiro atoms. The number of ether oxygens (including phenoxy) is 2. The van der Waals surface area contributed by atoms with Crippen molar-refractivity contribution in [2.75, 3.05) is 7.11 Å². The summed E-state index contributed by atoms with van der Waals surface area (Å²) in [6.07, 6.45) is -0.0443. The Morgan fingerprint density at radius 2 is 1.76 bits per heavy atom. The van der Waals surface area contributed by atoms with E-state index in [0.29, 0.717) is 48.0 Å². The van der Waals surface area contributed by atoms with Crippen molar-refractivity contribution in [2.24, 2.45) is 0 Å². The molecule has 0 aliphatic heterocycles. The van der Waals surface area contributed by atoms with Gasteiger partial charge in [0.2, 0.25) is 5.13 Å². The van der Waals surface area contributed by atoms with Crippen molar-refractivity contribution in [3.63, 3.8) is 0 Å². The molecule has 0 atom stereocenters. The van der Waals surface area contributed by atoms with Gasteiger partial charge in [-0.3, -0.25) is 0 Å². The number of hydrogen-bond donors (Lipinski definition) is 0. The normalized spacial score (nSPS) is 11.4. The second-order valence-corrected chi connectivity index (χ2v) is 13.1. The van der Waals surface area contributed by atoms with Crippen molar-refractivity contribution in [2.45, 2.75) is 50.2 Å². The number of benzene rings is 2. The molecule has 0 amide bonds. The third kappa shape index (κ3) is 6.15. The number of halogens is 3. The number of thioether (sulfide) groups is 1. The minimum absolute atomic E-state index is 0.0443. The summed E-state index contributed by atoms with van der Waals surface area (Å²) in [4.78, 5) is 18.1. The van der Waals surface area contributed by atoms with E-state index in [0.717, 1.165) is 15.5 Å². The summed E-state index contributed by atoms with van der Waals surface area (Å²) in [5, 5.41) is 6.93. The van der Waals surface area contributed by atoms with E-state index in [2.05, 4.69) is 13.8 Å². The number of esters is 1. The first-order chi connectivity index (χ1) is 18.0. The quantitative estimate of drug-likeness (QED) is 0.146. The molecule has 2 heterocycles. The SMILES string of the molecule is COC(=O)c1c(-c2cc(Cl)cc(OC(C)C)c2)c(C)nn1-c1nc(-c2ccc(Cl)c(Cl)c2)c(SC(C)C)s1. The Balaban J connectivity index is 1.93. The molecule has 0 saturated heterocycles. The van der Waals surface area contributed by atoms with Gasteiger partial charge in [0.1, 0.15) is 5.75 Å². The first kappa shape index (κ1) is 28.8. The molecule has 0 bridgehead atoms. The summed E-state index contributed by atoms with van der Waals surface area (Å²) in [5.41, 5.74) is 3.71. The van der Waals surface area contributed by atoms with Crippen LogP contribution in [0.1, 0.15) is 43.9 Å². The molecule has 11 heteroatoms. The van der Waals surface area contributed by atoms with E-state index < -0.39 is 5.97 Å². The fourth-order valence-corrected chi connectivity index (χ4v) is 6.85. The molecule has 0 saturated carbocycles. The van der Waals surface area contributed by atoms with Gasteiger partial charge in [0.05, 0.1) is 38.9 Å². The van der Waals surface area contributed by atoms with Crippen LogP contribution in [-0.4, -0.2) is 39.2 Å². The van der Waals surface area contributed by atoms with Crippen LogP contribution in [0.4, 0.5) is 0 Å². The number of thiazole rings is 1. The van der Waals surface area contributed by atoms with Crippen LogP contribution >= 0.6 is 57.9 Å². The largest absolute Gasteiger partial charge is 0.491 e. The van der Waals surface area contributed by atoms with Crippen LogP contribution in [0.2, 0.25) is 15.1 Å². The fraction of sp³-hybridized carbons (Fsp3) is 0.296. The lowest BCUT2D eigenvalue weighted by Gasteiger charge is -2.12. The maximum Gasteiger partial charge on any atom is 0.357 e. The fourth-order valence-electron chi connectivity index (χ4n) is 3.85. The molecule has 0 N–H and O–H groups in total. The van der Waals surface area contributed by atoms with E-state index in [1.54, 1.807) is 36.0 Å². The zero-order valence-electron chi connectivity index (χ0n) is 21.6. The Hall–Kier alpha value is -2.23. The van der Waals surface area contributed by atoms with Crippen LogP contribution in [-0.2, 0) is 4.74 Å². The molecule has 2 aromatic heterocycles. The van der Waals surface area contributed by atoms with Gasteiger partial charge in [-0.05, 0) is 56.7 Å². The average Bonchev–Trinajstić information content (AvgIpc) is 3.40. The van der Waals surface area contributed by atoms with Crippen molar-refractivity contribution in [3.05, 3.63) is 62.9 Å². The van der Waals surface area contributed by atoms with Crippen LogP contribution in [0.25, 0.3) is 27.5 Å². The number of aromatic nitrogens is 3. The summed E-state index contributed by atoms with van der Waals surface area (Å²) >= 11 is 22.0. The van der Waals surface area contributed by atoms with Crippen LogP contribution in [0.5, 0.6) is 5.75 Å². The molecule has 0 radical (unpaired) electrons. The smallest absolute Gasteiger partial charge is 0.357 e. The maximum absolute atomic E-state index is 13.2. The summed E-state index contributed by atoms with van der Waals surface area (Å²) in [6, 6.07) is 10.8. The standard InChI is InChI=1S/C27H26Cl3N3O3S2/c1-13(2)36-19-10-17(9-18(28)12-19)22-15(5)32-33(24(22)25(34)35-6)27-31-23(26(38-27)37-14(3)4)16-7-8-20(29)21(30)11-16/h7-14H,1-6H3. The lowest BCUT2D eigenvalue weighted by atomic mass is 10.0. The molecule has 6 nitrogen and oxygen atoms in total. The molecule has 4 rings (SSSR count). The highest BCUT2D eigenvalue weighted by Crippen LogP contribution is 2.42. The highest BCUT2D eigenvalue weighted by molar-refractivity contribution is 8.01. The molecule has 0 unspecified atom stereocenters. The van der Waals surface area contributed by atoms with Crippen LogP contribution in [0.15, 0.2) is 40.6 Å². The molecule has 200 valence electrons. The van der Waals surface area contributed by atoms with Gasteiger partial charge in [-0.1, -0.05) is 66.1 Å². The maximum atomic E-state index is 13.2. The third-order valence-electron chi connectivity index (χ3n) is 5.27. The molecular formula is C27H26Cl3N3O3S2. The molecule has 0 fully saturated rings. The predicted octanol–water partition coefficient (Wildman–Crippen LogP) is 9.01. The molecule has 4 aromatic rings. The first-order valence-electron chi connectivity index (χ1n) is 11.8. The van der Waals surface area contributed by atoms with Gasteiger partial charge in [-0.15, -0.1) is 11.8 Å². The zero-order valence-corrected chi connectivity index (χ0v) is 25.5.